The van der Waals surface area contributed by atoms with E-state index in [1.165, 1.54) is 0 Å². The first-order valence-corrected chi connectivity index (χ1v) is 8.16. The molecule has 0 bridgehead atoms. The minimum Gasteiger partial charge on any atom is -0.206 e. The lowest BCUT2D eigenvalue weighted by Gasteiger charge is -2.10. The molecule has 0 amide bonds. The Morgan fingerprint density at radius 3 is 2.59 bits per heavy atom. The second-order valence-corrected chi connectivity index (χ2v) is 7.78. The van der Waals surface area contributed by atoms with Crippen molar-refractivity contribution in [2.45, 2.75) is 11.8 Å². The largest absolute Gasteiger partial charge is 0.206 e. The van der Waals surface area contributed by atoms with Crippen LogP contribution in [0.4, 0.5) is 4.39 Å². The second kappa shape index (κ2) is 5.51. The molecule has 1 aromatic carbocycles. The van der Waals surface area contributed by atoms with Gasteiger partial charge in [0.05, 0.1) is 8.61 Å². The van der Waals surface area contributed by atoms with Gasteiger partial charge in [0.1, 0.15) is 5.82 Å². The average Bonchev–Trinajstić information content (AvgIpc) is 2.62. The van der Waals surface area contributed by atoms with Gasteiger partial charge in [0.2, 0.25) is 0 Å². The summed E-state index contributed by atoms with van der Waals surface area (Å²) in [6, 6.07) is 7.46. The Morgan fingerprint density at radius 1 is 1.29 bits per heavy atom. The number of benzene rings is 1. The first-order chi connectivity index (χ1) is 8.00. The third-order valence-corrected chi connectivity index (χ3v) is 7.02. The van der Waals surface area contributed by atoms with E-state index in [1.54, 1.807) is 24.3 Å². The molecule has 1 aromatic heterocycles. The molecule has 0 aliphatic rings. The Hall–Kier alpha value is 0.290. The topological polar surface area (TPSA) is 0 Å². The maximum absolute atomic E-state index is 14.0. The smallest absolute Gasteiger partial charge is 0.130 e. The maximum atomic E-state index is 14.0. The van der Waals surface area contributed by atoms with Crippen LogP contribution in [0.1, 0.15) is 20.8 Å². The van der Waals surface area contributed by atoms with Gasteiger partial charge in [-0.25, -0.2) is 4.39 Å². The Labute approximate surface area is 129 Å². The van der Waals surface area contributed by atoms with Crippen LogP contribution < -0.4 is 0 Å². The predicted octanol–water partition coefficient (Wildman–Crippen LogP) is 6.20. The number of alkyl halides is 1. The van der Waals surface area contributed by atoms with Gasteiger partial charge in [-0.3, -0.25) is 0 Å². The average molecular weight is 443 g/mol. The molecule has 0 spiro atoms. The van der Waals surface area contributed by atoms with Gasteiger partial charge in [-0.2, -0.15) is 0 Å². The lowest BCUT2D eigenvalue weighted by atomic mass is 10.1. The van der Waals surface area contributed by atoms with E-state index in [4.69, 9.17) is 0 Å². The van der Waals surface area contributed by atoms with Gasteiger partial charge >= 0.3 is 0 Å². The molecule has 0 nitrogen and oxygen atoms in total. The van der Waals surface area contributed by atoms with Gasteiger partial charge in [-0.05, 0) is 50.4 Å². The van der Waals surface area contributed by atoms with Crippen LogP contribution in [0.25, 0.3) is 0 Å². The summed E-state index contributed by atoms with van der Waals surface area (Å²) < 4.78 is 16.0. The van der Waals surface area contributed by atoms with E-state index < -0.39 is 0 Å². The zero-order valence-corrected chi connectivity index (χ0v) is 14.4. The first kappa shape index (κ1) is 13.7. The van der Waals surface area contributed by atoms with Crippen LogP contribution in [-0.2, 0) is 0 Å². The Balaban J connectivity index is 2.43. The van der Waals surface area contributed by atoms with Crippen molar-refractivity contribution in [1.82, 2.24) is 0 Å². The highest BCUT2D eigenvalue weighted by molar-refractivity contribution is 9.13. The van der Waals surface area contributed by atoms with Gasteiger partial charge in [0.15, 0.2) is 0 Å². The quantitative estimate of drug-likeness (QED) is 0.485. The second-order valence-electron chi connectivity index (χ2n) is 3.61. The fourth-order valence-corrected chi connectivity index (χ4v) is 4.36. The number of halogens is 4. The molecule has 1 unspecified atom stereocenters. The number of thiophene rings is 1. The Morgan fingerprint density at radius 2 is 2.00 bits per heavy atom. The number of hydrogen-bond donors (Lipinski definition) is 0. The third-order valence-electron chi connectivity index (χ3n) is 2.41. The standard InChI is InChI=1S/C12H8Br3FS/c1-6-3-2-4-7(11(6)16)10(14)9-5-8(13)12(15)17-9/h2-5,10H,1H3. The molecule has 90 valence electrons. The highest BCUT2D eigenvalue weighted by Crippen LogP contribution is 2.42. The van der Waals surface area contributed by atoms with E-state index in [0.717, 1.165) is 13.1 Å². The number of rotatable bonds is 2. The highest BCUT2D eigenvalue weighted by Gasteiger charge is 2.18. The molecular formula is C12H8Br3FS. The van der Waals surface area contributed by atoms with Crippen LogP contribution >= 0.6 is 59.1 Å². The maximum Gasteiger partial charge on any atom is 0.130 e. The van der Waals surface area contributed by atoms with E-state index in [1.807, 2.05) is 18.2 Å². The normalized spacial score (nSPS) is 12.8. The summed E-state index contributed by atoms with van der Waals surface area (Å²) in [6.07, 6.45) is 0. The van der Waals surface area contributed by atoms with Crippen LogP contribution in [0.3, 0.4) is 0 Å². The number of aryl methyl sites for hydroxylation is 1. The third kappa shape index (κ3) is 2.83. The molecule has 1 atom stereocenters. The van der Waals surface area contributed by atoms with Gasteiger partial charge < -0.3 is 0 Å². The molecule has 0 N–H and O–H groups in total. The first-order valence-electron chi connectivity index (χ1n) is 4.84. The molecule has 5 heteroatoms. The molecule has 1 heterocycles. The van der Waals surface area contributed by atoms with Crippen LogP contribution in [0.2, 0.25) is 0 Å². The molecule has 0 saturated heterocycles. The van der Waals surface area contributed by atoms with Crippen LogP contribution in [0, 0.1) is 12.7 Å². The lowest BCUT2D eigenvalue weighted by molar-refractivity contribution is 0.605. The van der Waals surface area contributed by atoms with Crippen molar-refractivity contribution in [1.29, 1.82) is 0 Å². The zero-order valence-electron chi connectivity index (χ0n) is 8.81. The summed E-state index contributed by atoms with van der Waals surface area (Å²) in [6.45, 7) is 1.78. The van der Waals surface area contributed by atoms with Gasteiger partial charge in [0.25, 0.3) is 0 Å². The zero-order chi connectivity index (χ0) is 12.6. The lowest BCUT2D eigenvalue weighted by Crippen LogP contribution is -1.96. The molecule has 0 aliphatic carbocycles. The molecule has 0 aliphatic heterocycles. The molecule has 0 radical (unpaired) electrons. The van der Waals surface area contributed by atoms with Crippen molar-refractivity contribution in [2.24, 2.45) is 0 Å². The number of hydrogen-bond acceptors (Lipinski definition) is 1. The monoisotopic (exact) mass is 440 g/mol. The summed E-state index contributed by atoms with van der Waals surface area (Å²) in [5.74, 6) is -0.144. The van der Waals surface area contributed by atoms with E-state index >= 15 is 0 Å². The summed E-state index contributed by atoms with van der Waals surface area (Å²) in [4.78, 5) is 0.947. The molecule has 0 saturated carbocycles. The van der Waals surface area contributed by atoms with E-state index in [2.05, 4.69) is 47.8 Å². The summed E-state index contributed by atoms with van der Waals surface area (Å²) in [7, 11) is 0. The Bertz CT molecular complexity index is 531. The minimum atomic E-state index is -0.144. The Kier molecular flexibility index (Phi) is 4.45. The van der Waals surface area contributed by atoms with Crippen LogP contribution in [0.5, 0.6) is 0 Å². The van der Waals surface area contributed by atoms with Crippen molar-refractivity contribution in [3.63, 3.8) is 0 Å². The molecule has 17 heavy (non-hydrogen) atoms. The summed E-state index contributed by atoms with van der Waals surface area (Å²) in [5.41, 5.74) is 1.34. The predicted molar refractivity (Wildman–Crippen MR) is 81.6 cm³/mol. The van der Waals surface area contributed by atoms with Gasteiger partial charge in [-0.15, -0.1) is 11.3 Å². The van der Waals surface area contributed by atoms with Crippen LogP contribution in [0.15, 0.2) is 32.5 Å². The van der Waals surface area contributed by atoms with Crippen LogP contribution in [-0.4, -0.2) is 0 Å². The van der Waals surface area contributed by atoms with E-state index in [9.17, 15) is 4.39 Å². The van der Waals surface area contributed by atoms with Crippen molar-refractivity contribution < 1.29 is 4.39 Å². The summed E-state index contributed by atoms with van der Waals surface area (Å²) >= 11 is 12.0. The highest BCUT2D eigenvalue weighted by atomic mass is 79.9. The van der Waals surface area contributed by atoms with Crippen molar-refractivity contribution in [3.8, 4) is 0 Å². The van der Waals surface area contributed by atoms with Crippen molar-refractivity contribution in [2.75, 3.05) is 0 Å². The van der Waals surface area contributed by atoms with E-state index in [-0.39, 0.29) is 10.6 Å². The fraction of sp³-hybridized carbons (Fsp3) is 0.167. The van der Waals surface area contributed by atoms with Crippen molar-refractivity contribution >= 4 is 59.1 Å². The summed E-state index contributed by atoms with van der Waals surface area (Å²) in [5, 5.41) is 0. The van der Waals surface area contributed by atoms with Crippen molar-refractivity contribution in [3.05, 3.63) is 54.3 Å². The molecule has 2 rings (SSSR count). The fourth-order valence-electron chi connectivity index (χ4n) is 1.51. The van der Waals surface area contributed by atoms with E-state index in [0.29, 0.717) is 11.1 Å². The SMILES string of the molecule is Cc1cccc(C(Br)c2cc(Br)c(Br)s2)c1F. The van der Waals surface area contributed by atoms with Gasteiger partial charge in [-0.1, -0.05) is 34.1 Å². The minimum absolute atomic E-state index is 0.116. The molecule has 0 fully saturated rings. The van der Waals surface area contributed by atoms with Gasteiger partial charge in [0, 0.05) is 14.9 Å². The molecular weight excluding hydrogens is 435 g/mol. The molecule has 2 aromatic rings.